The van der Waals surface area contributed by atoms with Crippen LogP contribution < -0.4 is 10.2 Å². The first-order valence-corrected chi connectivity index (χ1v) is 11.2. The Labute approximate surface area is 198 Å². The maximum atomic E-state index is 12.0. The minimum Gasteiger partial charge on any atom is -0.368 e. The first-order valence-electron chi connectivity index (χ1n) is 11.2. The molecular formula is C26H26N6O2. The lowest BCUT2D eigenvalue weighted by molar-refractivity contribution is -0.129. The summed E-state index contributed by atoms with van der Waals surface area (Å²) < 4.78 is 0. The molecule has 8 nitrogen and oxygen atoms in total. The maximum absolute atomic E-state index is 12.0. The molecule has 0 unspecified atom stereocenters. The van der Waals surface area contributed by atoms with Gasteiger partial charge in [0.15, 0.2) is 0 Å². The van der Waals surface area contributed by atoms with E-state index < -0.39 is 0 Å². The molecule has 1 aromatic heterocycles. The monoisotopic (exact) mass is 454 g/mol. The largest absolute Gasteiger partial charge is 0.368 e. The summed E-state index contributed by atoms with van der Waals surface area (Å²) in [6.07, 6.45) is 2.36. The van der Waals surface area contributed by atoms with Crippen molar-refractivity contribution in [3.63, 3.8) is 0 Å². The van der Waals surface area contributed by atoms with E-state index in [1.165, 1.54) is 0 Å². The van der Waals surface area contributed by atoms with Gasteiger partial charge in [-0.3, -0.25) is 9.59 Å². The van der Waals surface area contributed by atoms with E-state index in [-0.39, 0.29) is 18.4 Å². The molecule has 2 amide bonds. The number of amides is 2. The van der Waals surface area contributed by atoms with E-state index in [1.807, 2.05) is 29.2 Å². The summed E-state index contributed by atoms with van der Waals surface area (Å²) in [4.78, 5) is 36.8. The predicted molar refractivity (Wildman–Crippen MR) is 129 cm³/mol. The van der Waals surface area contributed by atoms with Crippen LogP contribution in [0.15, 0.2) is 60.8 Å². The number of carbonyl (C=O) groups excluding carboxylic acids is 2. The van der Waals surface area contributed by atoms with Gasteiger partial charge in [0.2, 0.25) is 5.91 Å². The molecule has 0 aliphatic carbocycles. The van der Waals surface area contributed by atoms with Crippen LogP contribution >= 0.6 is 0 Å². The number of hydrogen-bond acceptors (Lipinski definition) is 6. The van der Waals surface area contributed by atoms with Crippen molar-refractivity contribution in [2.75, 3.05) is 37.6 Å². The second-order valence-electron chi connectivity index (χ2n) is 8.11. The van der Waals surface area contributed by atoms with Crippen molar-refractivity contribution in [3.8, 4) is 17.3 Å². The number of hydrogen-bond donors (Lipinski definition) is 1. The van der Waals surface area contributed by atoms with E-state index in [0.29, 0.717) is 12.0 Å². The van der Waals surface area contributed by atoms with Gasteiger partial charge in [0, 0.05) is 62.5 Å². The van der Waals surface area contributed by atoms with Gasteiger partial charge in [-0.1, -0.05) is 24.3 Å². The summed E-state index contributed by atoms with van der Waals surface area (Å²) in [6, 6.07) is 19.3. The predicted octanol–water partition coefficient (Wildman–Crippen LogP) is 2.66. The highest BCUT2D eigenvalue weighted by Gasteiger charge is 2.18. The van der Waals surface area contributed by atoms with Gasteiger partial charge < -0.3 is 15.1 Å². The molecule has 1 saturated heterocycles. The molecule has 34 heavy (non-hydrogen) atoms. The lowest BCUT2D eigenvalue weighted by Gasteiger charge is -2.35. The molecule has 3 aromatic rings. The highest BCUT2D eigenvalue weighted by Crippen LogP contribution is 2.20. The summed E-state index contributed by atoms with van der Waals surface area (Å²) in [6.45, 7) is 4.78. The molecule has 2 aromatic carbocycles. The molecule has 2 heterocycles. The van der Waals surface area contributed by atoms with Gasteiger partial charge in [0.1, 0.15) is 12.4 Å². The molecule has 1 N–H and O–H groups in total. The lowest BCUT2D eigenvalue weighted by Crippen LogP contribution is -2.48. The van der Waals surface area contributed by atoms with Crippen molar-refractivity contribution in [1.29, 1.82) is 5.26 Å². The fraction of sp³-hybridized carbons (Fsp3) is 0.269. The molecule has 0 atom stereocenters. The van der Waals surface area contributed by atoms with Crippen LogP contribution in [-0.4, -0.2) is 59.4 Å². The Morgan fingerprint density at radius 1 is 1.00 bits per heavy atom. The second-order valence-corrected chi connectivity index (χ2v) is 8.11. The summed E-state index contributed by atoms with van der Waals surface area (Å²) in [5.41, 5.74) is 4.44. The van der Waals surface area contributed by atoms with E-state index in [1.54, 1.807) is 25.3 Å². The van der Waals surface area contributed by atoms with Crippen LogP contribution in [0, 0.1) is 11.3 Å². The molecule has 8 heteroatoms. The Morgan fingerprint density at radius 3 is 2.35 bits per heavy atom. The normalized spacial score (nSPS) is 13.3. The van der Waals surface area contributed by atoms with E-state index in [0.717, 1.165) is 54.5 Å². The Hall–Kier alpha value is -4.25. The zero-order valence-corrected chi connectivity index (χ0v) is 19.1. The number of benzene rings is 2. The van der Waals surface area contributed by atoms with Crippen LogP contribution in [0.4, 0.5) is 5.69 Å². The SMILES string of the molecule is CC(=O)N1CCN(c2ccc(Cc3nccc(-c4ccc(C(=O)NCC#N)cc4)n3)cc2)CC1. The average Bonchev–Trinajstić information content (AvgIpc) is 2.88. The van der Waals surface area contributed by atoms with Crippen LogP contribution in [0.1, 0.15) is 28.7 Å². The zero-order chi connectivity index (χ0) is 23.9. The fourth-order valence-electron chi connectivity index (χ4n) is 3.95. The fourth-order valence-corrected chi connectivity index (χ4v) is 3.95. The van der Waals surface area contributed by atoms with E-state index >= 15 is 0 Å². The van der Waals surface area contributed by atoms with Gasteiger partial charge in [-0.25, -0.2) is 9.97 Å². The average molecular weight is 455 g/mol. The maximum Gasteiger partial charge on any atom is 0.252 e. The third-order valence-corrected chi connectivity index (χ3v) is 5.87. The first kappa shape index (κ1) is 22.9. The first-order chi connectivity index (χ1) is 16.5. The van der Waals surface area contributed by atoms with Crippen molar-refractivity contribution in [3.05, 3.63) is 77.7 Å². The van der Waals surface area contributed by atoms with Gasteiger partial charge in [-0.2, -0.15) is 5.26 Å². The molecule has 0 spiro atoms. The van der Waals surface area contributed by atoms with Crippen molar-refractivity contribution in [2.45, 2.75) is 13.3 Å². The van der Waals surface area contributed by atoms with Crippen LogP contribution in [0.5, 0.6) is 0 Å². The second kappa shape index (κ2) is 10.6. The highest BCUT2D eigenvalue weighted by atomic mass is 16.2. The number of carbonyl (C=O) groups is 2. The zero-order valence-electron chi connectivity index (χ0n) is 19.1. The van der Waals surface area contributed by atoms with Crippen molar-refractivity contribution < 1.29 is 9.59 Å². The summed E-state index contributed by atoms with van der Waals surface area (Å²) >= 11 is 0. The topological polar surface area (TPSA) is 102 Å². The molecule has 4 rings (SSSR count). The Balaban J connectivity index is 1.39. The van der Waals surface area contributed by atoms with Crippen molar-refractivity contribution in [1.82, 2.24) is 20.2 Å². The minimum atomic E-state index is -0.277. The van der Waals surface area contributed by atoms with E-state index in [2.05, 4.69) is 39.5 Å². The van der Waals surface area contributed by atoms with Gasteiger partial charge >= 0.3 is 0 Å². The van der Waals surface area contributed by atoms with Gasteiger partial charge in [0.25, 0.3) is 5.91 Å². The molecule has 0 radical (unpaired) electrons. The van der Waals surface area contributed by atoms with Gasteiger partial charge in [-0.05, 0) is 35.9 Å². The number of anilines is 1. The number of nitriles is 1. The van der Waals surface area contributed by atoms with E-state index in [4.69, 9.17) is 10.2 Å². The standard InChI is InChI=1S/C26H26N6O2/c1-19(33)31-14-16-32(17-15-31)23-8-2-20(3-9-23)18-25-28-12-10-24(30-25)21-4-6-22(7-5-21)26(34)29-13-11-27/h2-10,12H,13-18H2,1H3,(H,29,34). The third kappa shape index (κ3) is 5.56. The van der Waals surface area contributed by atoms with Crippen LogP contribution in [0.3, 0.4) is 0 Å². The molecule has 1 aliphatic rings. The summed E-state index contributed by atoms with van der Waals surface area (Å²) in [5.74, 6) is 0.575. The number of rotatable bonds is 6. The molecule has 0 bridgehead atoms. The molecule has 0 saturated carbocycles. The third-order valence-electron chi connectivity index (χ3n) is 5.87. The Morgan fingerprint density at radius 2 is 1.71 bits per heavy atom. The lowest BCUT2D eigenvalue weighted by atomic mass is 10.1. The quantitative estimate of drug-likeness (QED) is 0.575. The number of nitrogens with one attached hydrogen (secondary N) is 1. The Kier molecular flexibility index (Phi) is 7.13. The van der Waals surface area contributed by atoms with Gasteiger partial charge in [-0.15, -0.1) is 0 Å². The Bertz CT molecular complexity index is 1190. The van der Waals surface area contributed by atoms with Crippen molar-refractivity contribution in [2.24, 2.45) is 0 Å². The van der Waals surface area contributed by atoms with Gasteiger partial charge in [0.05, 0.1) is 11.8 Å². The number of aromatic nitrogens is 2. The molecule has 1 aliphatic heterocycles. The summed E-state index contributed by atoms with van der Waals surface area (Å²) in [7, 11) is 0. The van der Waals surface area contributed by atoms with Crippen LogP contribution in [0.25, 0.3) is 11.3 Å². The smallest absolute Gasteiger partial charge is 0.252 e. The highest BCUT2D eigenvalue weighted by molar-refractivity contribution is 5.94. The van der Waals surface area contributed by atoms with Crippen LogP contribution in [0.2, 0.25) is 0 Å². The molecule has 1 fully saturated rings. The van der Waals surface area contributed by atoms with Crippen LogP contribution in [-0.2, 0) is 11.2 Å². The minimum absolute atomic E-state index is 0.0205. The van der Waals surface area contributed by atoms with E-state index in [9.17, 15) is 9.59 Å². The number of piperazine rings is 1. The molecular weight excluding hydrogens is 428 g/mol. The summed E-state index contributed by atoms with van der Waals surface area (Å²) in [5, 5.41) is 11.1. The van der Waals surface area contributed by atoms with Crippen molar-refractivity contribution >= 4 is 17.5 Å². The number of nitrogens with zero attached hydrogens (tertiary/aromatic N) is 5. The molecule has 172 valence electrons.